The predicted octanol–water partition coefficient (Wildman–Crippen LogP) is 3.12. The molecule has 0 fully saturated rings. The molecule has 1 N–H and O–H groups in total. The maximum atomic E-state index is 12.8. The molecule has 0 amide bonds. The number of halogens is 1. The molecule has 0 saturated carbocycles. The third-order valence-corrected chi connectivity index (χ3v) is 5.81. The van der Waals surface area contributed by atoms with Crippen LogP contribution >= 0.6 is 11.6 Å². The molecule has 2 rings (SSSR count). The number of nitro groups is 1. The molecule has 0 atom stereocenters. The van der Waals surface area contributed by atoms with E-state index in [4.69, 9.17) is 16.3 Å². The van der Waals surface area contributed by atoms with Crippen LogP contribution in [0.4, 0.5) is 11.4 Å². The molecule has 0 radical (unpaired) electrons. The molecule has 0 bridgehead atoms. The van der Waals surface area contributed by atoms with E-state index in [1.807, 2.05) is 0 Å². The first kappa shape index (κ1) is 20.0. The van der Waals surface area contributed by atoms with Crippen LogP contribution in [0.1, 0.15) is 5.56 Å². The summed E-state index contributed by atoms with van der Waals surface area (Å²) in [6.07, 6.45) is 0. The lowest BCUT2D eigenvalue weighted by molar-refractivity contribution is -0.384. The van der Waals surface area contributed by atoms with Gasteiger partial charge in [0.05, 0.1) is 16.9 Å². The Morgan fingerprint density at radius 3 is 2.54 bits per heavy atom. The fourth-order valence-corrected chi connectivity index (χ4v) is 3.77. The van der Waals surface area contributed by atoms with Gasteiger partial charge in [0, 0.05) is 37.3 Å². The van der Waals surface area contributed by atoms with E-state index in [-0.39, 0.29) is 22.8 Å². The normalized spacial score (nSPS) is 11.4. The monoisotopic (exact) mass is 399 g/mol. The Kier molecular flexibility index (Phi) is 6.06. The maximum Gasteiger partial charge on any atom is 0.293 e. The molecule has 0 aliphatic rings. The van der Waals surface area contributed by atoms with Gasteiger partial charge >= 0.3 is 0 Å². The number of benzene rings is 2. The van der Waals surface area contributed by atoms with E-state index >= 15 is 0 Å². The van der Waals surface area contributed by atoms with Crippen LogP contribution in [0.3, 0.4) is 0 Å². The zero-order valence-electron chi connectivity index (χ0n) is 14.4. The Labute approximate surface area is 156 Å². The second-order valence-electron chi connectivity index (χ2n) is 5.40. The number of nitrogens with one attached hydrogen (secondary N) is 1. The summed E-state index contributed by atoms with van der Waals surface area (Å²) in [6.45, 7) is -0.00631. The van der Waals surface area contributed by atoms with E-state index in [1.54, 1.807) is 18.2 Å². The largest absolute Gasteiger partial charge is 0.496 e. The van der Waals surface area contributed by atoms with Crippen molar-refractivity contribution in [3.63, 3.8) is 0 Å². The van der Waals surface area contributed by atoms with Crippen molar-refractivity contribution in [3.8, 4) is 5.75 Å². The van der Waals surface area contributed by atoms with Gasteiger partial charge < -0.3 is 10.1 Å². The topological polar surface area (TPSA) is 102 Å². The zero-order valence-corrected chi connectivity index (χ0v) is 16.0. The number of anilines is 1. The second kappa shape index (κ2) is 7.90. The summed E-state index contributed by atoms with van der Waals surface area (Å²) in [5, 5.41) is 14.3. The van der Waals surface area contributed by atoms with Gasteiger partial charge in [-0.2, -0.15) is 4.31 Å². The number of hydrogen-bond donors (Lipinski definition) is 1. The van der Waals surface area contributed by atoms with Gasteiger partial charge in [-0.25, -0.2) is 8.42 Å². The number of methoxy groups -OCH3 is 1. The maximum absolute atomic E-state index is 12.8. The average molecular weight is 400 g/mol. The fourth-order valence-electron chi connectivity index (χ4n) is 2.41. The SMILES string of the molecule is CNc1ccc(S(=O)(=O)N(C)Cc2cc(Cl)ccc2OC)cc1[N+](=O)[O-]. The van der Waals surface area contributed by atoms with Gasteiger partial charge in [0.2, 0.25) is 10.0 Å². The molecule has 0 heterocycles. The van der Waals surface area contributed by atoms with Gasteiger partial charge in [-0.1, -0.05) is 11.6 Å². The Morgan fingerprint density at radius 1 is 1.27 bits per heavy atom. The van der Waals surface area contributed by atoms with Crippen molar-refractivity contribution < 1.29 is 18.1 Å². The van der Waals surface area contributed by atoms with Gasteiger partial charge in [-0.05, 0) is 30.3 Å². The van der Waals surface area contributed by atoms with E-state index in [9.17, 15) is 18.5 Å². The highest BCUT2D eigenvalue weighted by Crippen LogP contribution is 2.30. The first-order valence-electron chi connectivity index (χ1n) is 7.45. The molecule has 26 heavy (non-hydrogen) atoms. The summed E-state index contributed by atoms with van der Waals surface area (Å²) in [5.74, 6) is 0.493. The Balaban J connectivity index is 2.40. The molecule has 0 unspecified atom stereocenters. The minimum absolute atomic E-state index is 0.00631. The Morgan fingerprint density at radius 2 is 1.96 bits per heavy atom. The van der Waals surface area contributed by atoms with Crippen molar-refractivity contribution in [1.29, 1.82) is 0 Å². The first-order chi connectivity index (χ1) is 12.2. The van der Waals surface area contributed by atoms with Gasteiger partial charge in [-0.15, -0.1) is 0 Å². The van der Waals surface area contributed by atoms with Crippen LogP contribution in [0.15, 0.2) is 41.3 Å². The molecule has 0 aromatic heterocycles. The predicted molar refractivity (Wildman–Crippen MR) is 99.3 cm³/mol. The molecule has 10 heteroatoms. The van der Waals surface area contributed by atoms with Crippen LogP contribution in [0.2, 0.25) is 5.02 Å². The summed E-state index contributed by atoms with van der Waals surface area (Å²) >= 11 is 5.97. The lowest BCUT2D eigenvalue weighted by Crippen LogP contribution is -2.26. The summed E-state index contributed by atoms with van der Waals surface area (Å²) < 4.78 is 31.9. The molecule has 0 saturated heterocycles. The molecular weight excluding hydrogens is 382 g/mol. The molecule has 140 valence electrons. The lowest BCUT2D eigenvalue weighted by Gasteiger charge is -2.19. The molecule has 2 aromatic rings. The fraction of sp³-hybridized carbons (Fsp3) is 0.250. The number of ether oxygens (including phenoxy) is 1. The van der Waals surface area contributed by atoms with E-state index in [1.165, 1.54) is 33.3 Å². The molecule has 0 spiro atoms. The van der Waals surface area contributed by atoms with E-state index < -0.39 is 14.9 Å². The number of sulfonamides is 1. The van der Waals surface area contributed by atoms with Crippen molar-refractivity contribution in [2.75, 3.05) is 26.5 Å². The molecule has 0 aliphatic heterocycles. The van der Waals surface area contributed by atoms with Crippen LogP contribution in [-0.2, 0) is 16.6 Å². The quantitative estimate of drug-likeness (QED) is 0.567. The second-order valence-corrected chi connectivity index (χ2v) is 7.88. The summed E-state index contributed by atoms with van der Waals surface area (Å²) in [6, 6.07) is 8.60. The number of hydrogen-bond acceptors (Lipinski definition) is 6. The van der Waals surface area contributed by atoms with Gasteiger partial charge in [0.15, 0.2) is 0 Å². The standard InChI is InChI=1S/C16H18ClN3O5S/c1-18-14-6-5-13(9-15(14)20(21)22)26(23,24)19(2)10-11-8-12(17)4-7-16(11)25-3/h4-9,18H,10H2,1-3H3. The van der Waals surface area contributed by atoms with Crippen LogP contribution in [0.25, 0.3) is 0 Å². The highest BCUT2D eigenvalue weighted by Gasteiger charge is 2.25. The van der Waals surface area contributed by atoms with Crippen molar-refractivity contribution >= 4 is 33.0 Å². The molecule has 2 aromatic carbocycles. The zero-order chi connectivity index (χ0) is 19.5. The van der Waals surface area contributed by atoms with Crippen molar-refractivity contribution in [2.45, 2.75) is 11.4 Å². The minimum atomic E-state index is -3.95. The van der Waals surface area contributed by atoms with Crippen LogP contribution in [0.5, 0.6) is 5.75 Å². The van der Waals surface area contributed by atoms with Gasteiger partial charge in [0.1, 0.15) is 11.4 Å². The van der Waals surface area contributed by atoms with E-state index in [0.29, 0.717) is 16.3 Å². The highest BCUT2D eigenvalue weighted by molar-refractivity contribution is 7.89. The van der Waals surface area contributed by atoms with Crippen LogP contribution in [0, 0.1) is 10.1 Å². The van der Waals surface area contributed by atoms with E-state index in [0.717, 1.165) is 10.4 Å². The first-order valence-corrected chi connectivity index (χ1v) is 9.27. The van der Waals surface area contributed by atoms with Crippen LogP contribution in [-0.4, -0.2) is 38.9 Å². The van der Waals surface area contributed by atoms with Crippen molar-refractivity contribution in [1.82, 2.24) is 4.31 Å². The Bertz CT molecular complexity index is 933. The van der Waals surface area contributed by atoms with Crippen molar-refractivity contribution in [2.24, 2.45) is 0 Å². The highest BCUT2D eigenvalue weighted by atomic mass is 35.5. The third-order valence-electron chi connectivity index (χ3n) is 3.78. The average Bonchev–Trinajstić information content (AvgIpc) is 2.61. The lowest BCUT2D eigenvalue weighted by atomic mass is 10.2. The molecule has 8 nitrogen and oxygen atoms in total. The molecule has 0 aliphatic carbocycles. The smallest absolute Gasteiger partial charge is 0.293 e. The molecular formula is C16H18ClN3O5S. The van der Waals surface area contributed by atoms with Crippen LogP contribution < -0.4 is 10.1 Å². The van der Waals surface area contributed by atoms with Gasteiger partial charge in [-0.3, -0.25) is 10.1 Å². The summed E-state index contributed by atoms with van der Waals surface area (Å²) in [4.78, 5) is 10.4. The van der Waals surface area contributed by atoms with Gasteiger partial charge in [0.25, 0.3) is 5.69 Å². The summed E-state index contributed by atoms with van der Waals surface area (Å²) in [7, 11) is 0.424. The van der Waals surface area contributed by atoms with Crippen molar-refractivity contribution in [3.05, 3.63) is 57.1 Å². The third kappa shape index (κ3) is 4.06. The Hall–Kier alpha value is -2.36. The van der Waals surface area contributed by atoms with E-state index in [2.05, 4.69) is 5.32 Å². The number of nitro benzene ring substituents is 1. The number of rotatable bonds is 7. The summed E-state index contributed by atoms with van der Waals surface area (Å²) in [5.41, 5.74) is 0.489. The minimum Gasteiger partial charge on any atom is -0.496 e. The number of nitrogens with zero attached hydrogens (tertiary/aromatic N) is 2.